The highest BCUT2D eigenvalue weighted by molar-refractivity contribution is 5.85. The quantitative estimate of drug-likeness (QED) is 0.803. The van der Waals surface area contributed by atoms with Crippen LogP contribution < -0.4 is 11.1 Å². The van der Waals surface area contributed by atoms with Crippen LogP contribution in [0.5, 0.6) is 0 Å². The SMILES string of the molecule is Cl.NC(CC1CCCCC1)Nc1ccccc1. The van der Waals surface area contributed by atoms with Crippen LogP contribution in [0.2, 0.25) is 0 Å². The van der Waals surface area contributed by atoms with Gasteiger partial charge < -0.3 is 11.1 Å². The van der Waals surface area contributed by atoms with Crippen LogP contribution in [0, 0.1) is 5.92 Å². The van der Waals surface area contributed by atoms with Crippen LogP contribution in [-0.4, -0.2) is 6.17 Å². The Morgan fingerprint density at radius 3 is 2.41 bits per heavy atom. The molecule has 1 aliphatic rings. The summed E-state index contributed by atoms with van der Waals surface area (Å²) in [5, 5.41) is 3.37. The van der Waals surface area contributed by atoms with Crippen molar-refractivity contribution in [2.24, 2.45) is 11.7 Å². The number of rotatable bonds is 4. The highest BCUT2D eigenvalue weighted by atomic mass is 35.5. The molecule has 17 heavy (non-hydrogen) atoms. The van der Waals surface area contributed by atoms with Crippen molar-refractivity contribution in [3.8, 4) is 0 Å². The molecule has 96 valence electrons. The van der Waals surface area contributed by atoms with E-state index in [9.17, 15) is 0 Å². The van der Waals surface area contributed by atoms with E-state index in [1.807, 2.05) is 18.2 Å². The van der Waals surface area contributed by atoms with Crippen molar-refractivity contribution in [1.29, 1.82) is 0 Å². The van der Waals surface area contributed by atoms with Crippen molar-refractivity contribution < 1.29 is 0 Å². The van der Waals surface area contributed by atoms with Crippen molar-refractivity contribution in [2.45, 2.75) is 44.7 Å². The van der Waals surface area contributed by atoms with Crippen LogP contribution in [0.3, 0.4) is 0 Å². The maximum absolute atomic E-state index is 6.13. The zero-order valence-electron chi connectivity index (χ0n) is 10.3. The Labute approximate surface area is 110 Å². The van der Waals surface area contributed by atoms with Crippen molar-refractivity contribution in [3.63, 3.8) is 0 Å². The predicted octanol–water partition coefficient (Wildman–Crippen LogP) is 3.78. The Kier molecular flexibility index (Phi) is 6.38. The largest absolute Gasteiger partial charge is 0.370 e. The van der Waals surface area contributed by atoms with E-state index < -0.39 is 0 Å². The summed E-state index contributed by atoms with van der Waals surface area (Å²) in [6.07, 6.45) is 8.14. The summed E-state index contributed by atoms with van der Waals surface area (Å²) in [6.45, 7) is 0. The van der Waals surface area contributed by atoms with E-state index in [1.54, 1.807) is 0 Å². The zero-order valence-corrected chi connectivity index (χ0v) is 11.1. The van der Waals surface area contributed by atoms with Gasteiger partial charge in [-0.2, -0.15) is 0 Å². The Balaban J connectivity index is 0.00000144. The monoisotopic (exact) mass is 254 g/mol. The van der Waals surface area contributed by atoms with Crippen LogP contribution in [0.25, 0.3) is 0 Å². The first kappa shape index (κ1) is 14.3. The van der Waals surface area contributed by atoms with Gasteiger partial charge in [0.05, 0.1) is 6.17 Å². The highest BCUT2D eigenvalue weighted by Crippen LogP contribution is 2.27. The predicted molar refractivity (Wildman–Crippen MR) is 76.5 cm³/mol. The maximum atomic E-state index is 6.13. The van der Waals surface area contributed by atoms with E-state index >= 15 is 0 Å². The van der Waals surface area contributed by atoms with Gasteiger partial charge in [-0.05, 0) is 24.5 Å². The normalized spacial score (nSPS) is 18.2. The summed E-state index contributed by atoms with van der Waals surface area (Å²) in [6, 6.07) is 10.2. The lowest BCUT2D eigenvalue weighted by molar-refractivity contribution is 0.325. The smallest absolute Gasteiger partial charge is 0.0745 e. The van der Waals surface area contributed by atoms with Crippen molar-refractivity contribution in [1.82, 2.24) is 0 Å². The second kappa shape index (κ2) is 7.57. The molecule has 0 bridgehead atoms. The molecule has 1 aromatic rings. The molecule has 0 radical (unpaired) electrons. The molecule has 0 spiro atoms. The van der Waals surface area contributed by atoms with Crippen molar-refractivity contribution in [2.75, 3.05) is 5.32 Å². The number of hydrogen-bond acceptors (Lipinski definition) is 2. The second-order valence-corrected chi connectivity index (χ2v) is 4.86. The van der Waals surface area contributed by atoms with Crippen LogP contribution in [-0.2, 0) is 0 Å². The molecule has 1 saturated carbocycles. The lowest BCUT2D eigenvalue weighted by Gasteiger charge is -2.25. The molecule has 3 N–H and O–H groups in total. The first-order valence-electron chi connectivity index (χ1n) is 6.42. The molecule has 1 atom stereocenters. The fourth-order valence-corrected chi connectivity index (χ4v) is 2.59. The number of nitrogens with two attached hydrogens (primary N) is 1. The summed E-state index contributed by atoms with van der Waals surface area (Å²) in [4.78, 5) is 0. The number of halogens is 1. The minimum atomic E-state index is 0. The van der Waals surface area contributed by atoms with Gasteiger partial charge in [0.1, 0.15) is 0 Å². The average Bonchev–Trinajstić information content (AvgIpc) is 2.31. The Bertz CT molecular complexity index is 296. The third-order valence-electron chi connectivity index (χ3n) is 3.44. The third-order valence-corrected chi connectivity index (χ3v) is 3.44. The molecule has 0 saturated heterocycles. The first-order chi connectivity index (χ1) is 7.84. The summed E-state index contributed by atoms with van der Waals surface area (Å²) in [5.74, 6) is 0.833. The second-order valence-electron chi connectivity index (χ2n) is 4.86. The van der Waals surface area contributed by atoms with Gasteiger partial charge >= 0.3 is 0 Å². The molecule has 0 aromatic heterocycles. The Hall–Kier alpha value is -0.730. The van der Waals surface area contributed by atoms with Crippen LogP contribution in [0.1, 0.15) is 38.5 Å². The highest BCUT2D eigenvalue weighted by Gasteiger charge is 2.16. The van der Waals surface area contributed by atoms with Crippen LogP contribution in [0.15, 0.2) is 30.3 Å². The molecular weight excluding hydrogens is 232 g/mol. The molecule has 0 aliphatic heterocycles. The standard InChI is InChI=1S/C14H22N2.ClH/c15-14(11-12-7-3-1-4-8-12)16-13-9-5-2-6-10-13;/h2,5-6,9-10,12,14,16H,1,3-4,7-8,11,15H2;1H. The molecule has 1 aliphatic carbocycles. The molecule has 0 heterocycles. The van der Waals surface area contributed by atoms with Crippen molar-refractivity contribution in [3.05, 3.63) is 30.3 Å². The average molecular weight is 255 g/mol. The number of hydrogen-bond donors (Lipinski definition) is 2. The molecule has 1 unspecified atom stereocenters. The van der Waals surface area contributed by atoms with Gasteiger partial charge in [-0.15, -0.1) is 12.4 Å². The van der Waals surface area contributed by atoms with E-state index in [2.05, 4.69) is 17.4 Å². The van der Waals surface area contributed by atoms with Crippen LogP contribution in [0.4, 0.5) is 5.69 Å². The molecule has 1 fully saturated rings. The van der Waals surface area contributed by atoms with E-state index in [1.165, 1.54) is 32.1 Å². The summed E-state index contributed by atoms with van der Waals surface area (Å²) in [7, 11) is 0. The molecule has 0 amide bonds. The molecule has 3 heteroatoms. The fourth-order valence-electron chi connectivity index (χ4n) is 2.59. The zero-order chi connectivity index (χ0) is 11.2. The molecule has 2 rings (SSSR count). The fraction of sp³-hybridized carbons (Fsp3) is 0.571. The number of benzene rings is 1. The van der Waals surface area contributed by atoms with Crippen LogP contribution >= 0.6 is 12.4 Å². The Morgan fingerprint density at radius 2 is 1.76 bits per heavy atom. The molecule has 1 aromatic carbocycles. The molecule has 2 nitrogen and oxygen atoms in total. The van der Waals surface area contributed by atoms with Gasteiger partial charge in [-0.25, -0.2) is 0 Å². The van der Waals surface area contributed by atoms with Gasteiger partial charge in [0.25, 0.3) is 0 Å². The summed E-state index contributed by atoms with van der Waals surface area (Å²) < 4.78 is 0. The topological polar surface area (TPSA) is 38.0 Å². The summed E-state index contributed by atoms with van der Waals surface area (Å²) >= 11 is 0. The number of nitrogens with one attached hydrogen (secondary N) is 1. The van der Waals surface area contributed by atoms with Gasteiger partial charge in [0.2, 0.25) is 0 Å². The maximum Gasteiger partial charge on any atom is 0.0745 e. The lowest BCUT2D eigenvalue weighted by Crippen LogP contribution is -2.32. The summed E-state index contributed by atoms with van der Waals surface area (Å²) in [5.41, 5.74) is 7.26. The van der Waals surface area contributed by atoms with E-state index in [-0.39, 0.29) is 18.6 Å². The molecular formula is C14H23ClN2. The third kappa shape index (κ3) is 4.97. The van der Waals surface area contributed by atoms with Gasteiger partial charge in [-0.1, -0.05) is 50.3 Å². The van der Waals surface area contributed by atoms with Gasteiger partial charge in [0.15, 0.2) is 0 Å². The van der Waals surface area contributed by atoms with Crippen molar-refractivity contribution >= 4 is 18.1 Å². The minimum absolute atomic E-state index is 0. The Morgan fingerprint density at radius 1 is 1.12 bits per heavy atom. The van der Waals surface area contributed by atoms with Gasteiger partial charge in [0, 0.05) is 5.69 Å². The minimum Gasteiger partial charge on any atom is -0.370 e. The number of anilines is 1. The first-order valence-corrected chi connectivity index (χ1v) is 6.42. The number of para-hydroxylation sites is 1. The van der Waals surface area contributed by atoms with E-state index in [0.717, 1.165) is 18.0 Å². The van der Waals surface area contributed by atoms with E-state index in [4.69, 9.17) is 5.73 Å². The van der Waals surface area contributed by atoms with Gasteiger partial charge in [-0.3, -0.25) is 0 Å². The lowest BCUT2D eigenvalue weighted by atomic mass is 9.86. The van der Waals surface area contributed by atoms with E-state index in [0.29, 0.717) is 0 Å².